The number of benzene rings is 1. The predicted octanol–water partition coefficient (Wildman–Crippen LogP) is 1.26. The van der Waals surface area contributed by atoms with Crippen molar-refractivity contribution < 1.29 is 15.1 Å². The van der Waals surface area contributed by atoms with Crippen molar-refractivity contribution in [2.75, 3.05) is 0 Å². The molecule has 0 amide bonds. The van der Waals surface area contributed by atoms with Gasteiger partial charge in [0.15, 0.2) is 5.71 Å². The Bertz CT molecular complexity index is 340. The topological polar surface area (TPSA) is 69.9 Å². The van der Waals surface area contributed by atoms with E-state index in [1.54, 1.807) is 24.3 Å². The summed E-state index contributed by atoms with van der Waals surface area (Å²) in [6, 6.07) is 6.70. The van der Waals surface area contributed by atoms with E-state index in [9.17, 15) is 4.79 Å². The molecule has 0 saturated heterocycles. The molecule has 4 nitrogen and oxygen atoms in total. The van der Waals surface area contributed by atoms with E-state index in [1.165, 1.54) is 0 Å². The number of oxime groups is 1. The highest BCUT2D eigenvalue weighted by molar-refractivity contribution is 6.42. The smallest absolute Gasteiger partial charge is 0.358 e. The third kappa shape index (κ3) is 2.05. The first kappa shape index (κ1) is 9.25. The van der Waals surface area contributed by atoms with Gasteiger partial charge >= 0.3 is 5.97 Å². The first-order chi connectivity index (χ1) is 6.15. The van der Waals surface area contributed by atoms with Crippen molar-refractivity contribution in [3.63, 3.8) is 0 Å². The van der Waals surface area contributed by atoms with Gasteiger partial charge in [-0.15, -0.1) is 0 Å². The molecule has 0 saturated carbocycles. The van der Waals surface area contributed by atoms with E-state index >= 15 is 0 Å². The number of hydrogen-bond acceptors (Lipinski definition) is 3. The van der Waals surface area contributed by atoms with Crippen LogP contribution in [0, 0.1) is 6.92 Å². The minimum Gasteiger partial charge on any atom is -0.476 e. The monoisotopic (exact) mass is 179 g/mol. The Hall–Kier alpha value is -1.84. The Morgan fingerprint density at radius 3 is 2.23 bits per heavy atom. The van der Waals surface area contributed by atoms with Gasteiger partial charge in [-0.2, -0.15) is 0 Å². The van der Waals surface area contributed by atoms with Gasteiger partial charge in [0.05, 0.1) is 0 Å². The number of rotatable bonds is 2. The zero-order valence-corrected chi connectivity index (χ0v) is 7.06. The molecule has 1 aromatic carbocycles. The molecule has 0 radical (unpaired) electrons. The molecule has 2 N–H and O–H groups in total. The lowest BCUT2D eigenvalue weighted by Crippen LogP contribution is -2.14. The van der Waals surface area contributed by atoms with Gasteiger partial charge in [-0.1, -0.05) is 35.0 Å². The molecular weight excluding hydrogens is 170 g/mol. The van der Waals surface area contributed by atoms with E-state index in [2.05, 4.69) is 5.16 Å². The Kier molecular flexibility index (Phi) is 2.64. The van der Waals surface area contributed by atoms with Crippen LogP contribution in [0.15, 0.2) is 29.4 Å². The van der Waals surface area contributed by atoms with Crippen molar-refractivity contribution in [1.29, 1.82) is 0 Å². The second-order valence-electron chi connectivity index (χ2n) is 2.62. The molecule has 0 aliphatic heterocycles. The SMILES string of the molecule is Cc1ccc(/C(=N\O)C(=O)O)cc1. The Balaban J connectivity index is 3.07. The van der Waals surface area contributed by atoms with Crippen LogP contribution in [0.5, 0.6) is 0 Å². The van der Waals surface area contributed by atoms with Crippen LogP contribution in [0.25, 0.3) is 0 Å². The molecule has 0 spiro atoms. The quantitative estimate of drug-likeness (QED) is 0.408. The molecule has 0 bridgehead atoms. The largest absolute Gasteiger partial charge is 0.476 e. The van der Waals surface area contributed by atoms with Crippen molar-refractivity contribution in [3.05, 3.63) is 35.4 Å². The van der Waals surface area contributed by atoms with E-state index in [4.69, 9.17) is 10.3 Å². The third-order valence-electron chi connectivity index (χ3n) is 1.63. The van der Waals surface area contributed by atoms with Gasteiger partial charge < -0.3 is 10.3 Å². The maximum absolute atomic E-state index is 10.5. The molecule has 13 heavy (non-hydrogen) atoms. The summed E-state index contributed by atoms with van der Waals surface area (Å²) in [5.41, 5.74) is 1.06. The van der Waals surface area contributed by atoms with Crippen LogP contribution in [0.1, 0.15) is 11.1 Å². The molecule has 0 fully saturated rings. The lowest BCUT2D eigenvalue weighted by molar-refractivity contribution is -0.129. The molecule has 0 unspecified atom stereocenters. The Morgan fingerprint density at radius 2 is 1.85 bits per heavy atom. The lowest BCUT2D eigenvalue weighted by Gasteiger charge is -1.98. The number of carboxylic acids is 1. The minimum atomic E-state index is -1.24. The van der Waals surface area contributed by atoms with Crippen molar-refractivity contribution in [1.82, 2.24) is 0 Å². The molecule has 1 aromatic rings. The second kappa shape index (κ2) is 3.71. The number of carboxylic acid groups (broad SMARTS) is 1. The van der Waals surface area contributed by atoms with Gasteiger partial charge in [0, 0.05) is 5.56 Å². The van der Waals surface area contributed by atoms with E-state index in [0.29, 0.717) is 5.56 Å². The van der Waals surface area contributed by atoms with Crippen LogP contribution < -0.4 is 0 Å². The highest BCUT2D eigenvalue weighted by Gasteiger charge is 2.11. The van der Waals surface area contributed by atoms with Crippen LogP contribution in [0.3, 0.4) is 0 Å². The van der Waals surface area contributed by atoms with Crippen molar-refractivity contribution in [3.8, 4) is 0 Å². The first-order valence-electron chi connectivity index (χ1n) is 3.67. The summed E-state index contributed by atoms with van der Waals surface area (Å²) < 4.78 is 0. The average molecular weight is 179 g/mol. The predicted molar refractivity (Wildman–Crippen MR) is 47.1 cm³/mol. The molecule has 0 atom stereocenters. The summed E-state index contributed by atoms with van der Waals surface area (Å²) in [5.74, 6) is -1.24. The van der Waals surface area contributed by atoms with Crippen LogP contribution in [0.4, 0.5) is 0 Å². The zero-order chi connectivity index (χ0) is 9.84. The van der Waals surface area contributed by atoms with Gasteiger partial charge in [-0.25, -0.2) is 4.79 Å². The van der Waals surface area contributed by atoms with Crippen molar-refractivity contribution in [2.45, 2.75) is 6.92 Å². The Morgan fingerprint density at radius 1 is 1.31 bits per heavy atom. The van der Waals surface area contributed by atoms with Crippen molar-refractivity contribution in [2.24, 2.45) is 5.16 Å². The fourth-order valence-corrected chi connectivity index (χ4v) is 0.935. The highest BCUT2D eigenvalue weighted by Crippen LogP contribution is 2.04. The molecule has 0 aliphatic rings. The third-order valence-corrected chi connectivity index (χ3v) is 1.63. The lowest BCUT2D eigenvalue weighted by atomic mass is 10.1. The van der Waals surface area contributed by atoms with E-state index < -0.39 is 5.97 Å². The number of hydrogen-bond donors (Lipinski definition) is 2. The fraction of sp³-hybridized carbons (Fsp3) is 0.111. The first-order valence-corrected chi connectivity index (χ1v) is 3.67. The number of nitrogens with zero attached hydrogens (tertiary/aromatic N) is 1. The summed E-state index contributed by atoms with van der Waals surface area (Å²) in [7, 11) is 0. The van der Waals surface area contributed by atoms with E-state index in [1.807, 2.05) is 6.92 Å². The molecule has 1 rings (SSSR count). The summed E-state index contributed by atoms with van der Waals surface area (Å²) in [6.45, 7) is 1.89. The number of aliphatic carboxylic acids is 1. The summed E-state index contributed by atoms with van der Waals surface area (Å²) in [6.07, 6.45) is 0. The fourth-order valence-electron chi connectivity index (χ4n) is 0.935. The van der Waals surface area contributed by atoms with Crippen LogP contribution in [-0.2, 0) is 4.79 Å². The summed E-state index contributed by atoms with van der Waals surface area (Å²) >= 11 is 0. The Labute approximate surface area is 75.1 Å². The minimum absolute atomic E-state index is 0.347. The maximum atomic E-state index is 10.5. The summed E-state index contributed by atoms with van der Waals surface area (Å²) in [5, 5.41) is 19.7. The van der Waals surface area contributed by atoms with Gasteiger partial charge in [0.25, 0.3) is 0 Å². The standard InChI is InChI=1S/C9H9NO3/c1-6-2-4-7(5-3-6)8(10-13)9(11)12/h2-5,13H,1H3,(H,11,12)/b10-8+. The zero-order valence-electron chi connectivity index (χ0n) is 7.06. The maximum Gasteiger partial charge on any atom is 0.358 e. The van der Waals surface area contributed by atoms with Crippen molar-refractivity contribution >= 4 is 11.7 Å². The van der Waals surface area contributed by atoms with E-state index in [0.717, 1.165) is 5.56 Å². The number of carbonyl (C=O) groups is 1. The normalized spacial score (nSPS) is 11.3. The molecule has 0 aromatic heterocycles. The molecule has 4 heteroatoms. The van der Waals surface area contributed by atoms with Crippen LogP contribution in [-0.4, -0.2) is 22.0 Å². The molecule has 0 heterocycles. The molecular formula is C9H9NO3. The highest BCUT2D eigenvalue weighted by atomic mass is 16.4. The van der Waals surface area contributed by atoms with Crippen LogP contribution in [0.2, 0.25) is 0 Å². The van der Waals surface area contributed by atoms with E-state index in [-0.39, 0.29) is 5.71 Å². The number of aryl methyl sites for hydroxylation is 1. The molecule has 68 valence electrons. The van der Waals surface area contributed by atoms with Gasteiger partial charge in [-0.3, -0.25) is 0 Å². The van der Waals surface area contributed by atoms with Gasteiger partial charge in [-0.05, 0) is 6.92 Å². The molecule has 0 aliphatic carbocycles. The van der Waals surface area contributed by atoms with Gasteiger partial charge in [0.1, 0.15) is 0 Å². The van der Waals surface area contributed by atoms with Crippen LogP contribution >= 0.6 is 0 Å². The van der Waals surface area contributed by atoms with Gasteiger partial charge in [0.2, 0.25) is 0 Å². The second-order valence-corrected chi connectivity index (χ2v) is 2.62. The summed E-state index contributed by atoms with van der Waals surface area (Å²) in [4.78, 5) is 10.5. The average Bonchev–Trinajstić information content (AvgIpc) is 2.09.